The SMILES string of the molecule is CCCCc1c([SiH3])ccc(Cl)c1CCCC. The van der Waals surface area contributed by atoms with Gasteiger partial charge in [0.2, 0.25) is 0 Å². The summed E-state index contributed by atoms with van der Waals surface area (Å²) in [6.07, 6.45) is 7.42. The summed E-state index contributed by atoms with van der Waals surface area (Å²) < 4.78 is 0. The first kappa shape index (κ1) is 13.8. The maximum Gasteiger partial charge on any atom is 0.0440 e. The fourth-order valence-electron chi connectivity index (χ4n) is 2.11. The first-order valence-electron chi connectivity index (χ1n) is 6.47. The molecule has 1 aromatic rings. The average Bonchev–Trinajstić information content (AvgIpc) is 2.29. The van der Waals surface area contributed by atoms with Gasteiger partial charge in [0.1, 0.15) is 0 Å². The van der Waals surface area contributed by atoms with Crippen LogP contribution in [-0.2, 0) is 12.8 Å². The van der Waals surface area contributed by atoms with Gasteiger partial charge in [-0.25, -0.2) is 0 Å². The molecular formula is C14H23ClSi. The van der Waals surface area contributed by atoms with Gasteiger partial charge in [-0.3, -0.25) is 0 Å². The molecule has 0 aromatic heterocycles. The first-order valence-corrected chi connectivity index (χ1v) is 7.85. The van der Waals surface area contributed by atoms with Crippen molar-refractivity contribution in [3.8, 4) is 0 Å². The van der Waals surface area contributed by atoms with E-state index in [4.69, 9.17) is 11.6 Å². The van der Waals surface area contributed by atoms with E-state index in [-0.39, 0.29) is 0 Å². The zero-order chi connectivity index (χ0) is 12.0. The second-order valence-corrected chi connectivity index (χ2v) is 6.01. The molecule has 0 heterocycles. The fourth-order valence-corrected chi connectivity index (χ4v) is 3.10. The van der Waals surface area contributed by atoms with Gasteiger partial charge >= 0.3 is 0 Å². The van der Waals surface area contributed by atoms with E-state index in [0.29, 0.717) is 0 Å². The second kappa shape index (κ2) is 7.13. The predicted octanol–water partition coefficient (Wildman–Crippen LogP) is 3.02. The minimum absolute atomic E-state index is 0.985. The minimum atomic E-state index is 0.985. The highest BCUT2D eigenvalue weighted by atomic mass is 35.5. The van der Waals surface area contributed by atoms with Crippen molar-refractivity contribution >= 4 is 27.0 Å². The minimum Gasteiger partial charge on any atom is -0.0840 e. The second-order valence-electron chi connectivity index (χ2n) is 4.53. The van der Waals surface area contributed by atoms with Crippen molar-refractivity contribution in [1.82, 2.24) is 0 Å². The summed E-state index contributed by atoms with van der Waals surface area (Å²) in [5.74, 6) is 0. The van der Waals surface area contributed by atoms with Gasteiger partial charge in [-0.1, -0.05) is 49.5 Å². The van der Waals surface area contributed by atoms with E-state index in [1.54, 1.807) is 10.8 Å². The van der Waals surface area contributed by atoms with Gasteiger partial charge in [0.05, 0.1) is 0 Å². The van der Waals surface area contributed by atoms with E-state index < -0.39 is 0 Å². The molecule has 16 heavy (non-hydrogen) atoms. The summed E-state index contributed by atoms with van der Waals surface area (Å²) in [6.45, 7) is 4.49. The highest BCUT2D eigenvalue weighted by molar-refractivity contribution is 6.35. The van der Waals surface area contributed by atoms with Crippen LogP contribution in [0.4, 0.5) is 0 Å². The molecule has 0 saturated heterocycles. The molecule has 0 aliphatic heterocycles. The Bertz CT molecular complexity index is 301. The van der Waals surface area contributed by atoms with Crippen molar-refractivity contribution in [2.24, 2.45) is 0 Å². The Hall–Kier alpha value is -0.273. The Kier molecular flexibility index (Phi) is 6.15. The smallest absolute Gasteiger partial charge is 0.0440 e. The molecule has 0 nitrogen and oxygen atoms in total. The maximum absolute atomic E-state index is 6.33. The molecule has 0 saturated carbocycles. The molecule has 0 bridgehead atoms. The van der Waals surface area contributed by atoms with Crippen LogP contribution in [0.5, 0.6) is 0 Å². The van der Waals surface area contributed by atoms with Crippen LogP contribution in [0.25, 0.3) is 0 Å². The predicted molar refractivity (Wildman–Crippen MR) is 78.2 cm³/mol. The van der Waals surface area contributed by atoms with E-state index in [0.717, 1.165) is 21.7 Å². The number of benzene rings is 1. The van der Waals surface area contributed by atoms with Crippen molar-refractivity contribution < 1.29 is 0 Å². The van der Waals surface area contributed by atoms with Gasteiger partial charge in [-0.2, -0.15) is 0 Å². The van der Waals surface area contributed by atoms with E-state index in [2.05, 4.69) is 26.0 Å². The summed E-state index contributed by atoms with van der Waals surface area (Å²) >= 11 is 6.33. The molecule has 1 rings (SSSR count). The lowest BCUT2D eigenvalue weighted by Gasteiger charge is -2.14. The Labute approximate surface area is 108 Å². The molecule has 0 spiro atoms. The van der Waals surface area contributed by atoms with Crippen LogP contribution in [0.15, 0.2) is 12.1 Å². The lowest BCUT2D eigenvalue weighted by Crippen LogP contribution is -2.14. The van der Waals surface area contributed by atoms with Gasteiger partial charge in [-0.05, 0) is 42.9 Å². The third kappa shape index (κ3) is 3.64. The number of hydrogen-bond acceptors (Lipinski definition) is 0. The molecule has 0 fully saturated rings. The van der Waals surface area contributed by atoms with E-state index in [1.807, 2.05) is 0 Å². The van der Waals surface area contributed by atoms with Crippen LogP contribution < -0.4 is 5.19 Å². The average molecular weight is 255 g/mol. The van der Waals surface area contributed by atoms with Crippen LogP contribution in [-0.4, -0.2) is 10.2 Å². The molecule has 0 N–H and O–H groups in total. The largest absolute Gasteiger partial charge is 0.0840 e. The third-order valence-electron chi connectivity index (χ3n) is 3.17. The Balaban J connectivity index is 2.94. The van der Waals surface area contributed by atoms with Gasteiger partial charge in [0.25, 0.3) is 0 Å². The molecule has 90 valence electrons. The van der Waals surface area contributed by atoms with Crippen LogP contribution in [0, 0.1) is 0 Å². The summed E-state index contributed by atoms with van der Waals surface area (Å²) in [5, 5.41) is 2.53. The highest BCUT2D eigenvalue weighted by Gasteiger charge is 2.09. The zero-order valence-electron chi connectivity index (χ0n) is 10.8. The Morgan fingerprint density at radius 1 is 1.00 bits per heavy atom. The van der Waals surface area contributed by atoms with Crippen LogP contribution >= 0.6 is 11.6 Å². The summed E-state index contributed by atoms with van der Waals surface area (Å²) in [7, 11) is 1.14. The number of unbranched alkanes of at least 4 members (excludes halogenated alkanes) is 2. The van der Waals surface area contributed by atoms with Crippen molar-refractivity contribution in [3.05, 3.63) is 28.3 Å². The van der Waals surface area contributed by atoms with Crippen molar-refractivity contribution in [2.45, 2.75) is 52.4 Å². The molecule has 0 unspecified atom stereocenters. The molecule has 0 atom stereocenters. The van der Waals surface area contributed by atoms with E-state index in [1.165, 1.54) is 37.7 Å². The first-order chi connectivity index (χ1) is 7.70. The molecule has 1 aromatic carbocycles. The van der Waals surface area contributed by atoms with Crippen molar-refractivity contribution in [1.29, 1.82) is 0 Å². The summed E-state index contributed by atoms with van der Waals surface area (Å²) in [5.41, 5.74) is 3.00. The highest BCUT2D eigenvalue weighted by Crippen LogP contribution is 2.22. The Morgan fingerprint density at radius 3 is 2.12 bits per heavy atom. The van der Waals surface area contributed by atoms with Crippen molar-refractivity contribution in [3.63, 3.8) is 0 Å². The van der Waals surface area contributed by atoms with Gasteiger partial charge in [0.15, 0.2) is 0 Å². The standard InChI is InChI=1S/C14H23ClSi/c1-3-5-7-11-12(8-6-4-2)14(16)10-9-13(11)15/h9-10H,3-8H2,1-2,16H3. The third-order valence-corrected chi connectivity index (χ3v) is 4.46. The van der Waals surface area contributed by atoms with Crippen LogP contribution in [0.1, 0.15) is 50.7 Å². The normalized spacial score (nSPS) is 10.9. The molecule has 0 aliphatic rings. The number of halogens is 1. The van der Waals surface area contributed by atoms with Gasteiger partial charge in [0, 0.05) is 15.3 Å². The molecule has 2 heteroatoms. The molecule has 0 radical (unpaired) electrons. The lowest BCUT2D eigenvalue weighted by molar-refractivity contribution is 0.761. The van der Waals surface area contributed by atoms with E-state index in [9.17, 15) is 0 Å². The lowest BCUT2D eigenvalue weighted by atomic mass is 9.98. The number of rotatable bonds is 6. The monoisotopic (exact) mass is 254 g/mol. The zero-order valence-corrected chi connectivity index (χ0v) is 13.5. The van der Waals surface area contributed by atoms with Crippen molar-refractivity contribution in [2.75, 3.05) is 0 Å². The Morgan fingerprint density at radius 2 is 1.56 bits per heavy atom. The van der Waals surface area contributed by atoms with Gasteiger partial charge in [-0.15, -0.1) is 0 Å². The van der Waals surface area contributed by atoms with Crippen LogP contribution in [0.3, 0.4) is 0 Å². The number of hydrogen-bond donors (Lipinski definition) is 0. The quantitative estimate of drug-likeness (QED) is 0.685. The van der Waals surface area contributed by atoms with E-state index >= 15 is 0 Å². The molecular weight excluding hydrogens is 232 g/mol. The summed E-state index contributed by atoms with van der Waals surface area (Å²) in [6, 6.07) is 4.30. The fraction of sp³-hybridized carbons (Fsp3) is 0.571. The van der Waals surface area contributed by atoms with Crippen LogP contribution in [0.2, 0.25) is 5.02 Å². The maximum atomic E-state index is 6.33. The topological polar surface area (TPSA) is 0 Å². The summed E-state index contributed by atoms with van der Waals surface area (Å²) in [4.78, 5) is 0. The molecule has 0 aliphatic carbocycles. The van der Waals surface area contributed by atoms with Gasteiger partial charge < -0.3 is 0 Å². The molecule has 0 amide bonds.